The molecule has 3 aromatic rings. The highest BCUT2D eigenvalue weighted by Crippen LogP contribution is 2.54. The second kappa shape index (κ2) is 28.0. The number of aromatic nitrogens is 4. The molecule has 6 amide bonds. The number of ether oxygens (including phenoxy) is 4. The Morgan fingerprint density at radius 3 is 2.36 bits per heavy atom. The molecule has 1 aromatic carbocycles. The van der Waals surface area contributed by atoms with E-state index in [9.17, 15) is 43.4 Å². The Morgan fingerprint density at radius 2 is 1.73 bits per heavy atom. The molecule has 1 saturated heterocycles. The molecule has 0 aliphatic carbocycles. The van der Waals surface area contributed by atoms with Gasteiger partial charge in [0.15, 0.2) is 30.3 Å². The summed E-state index contributed by atoms with van der Waals surface area (Å²) in [5.74, 6) is -2.58. The van der Waals surface area contributed by atoms with E-state index in [-0.39, 0.29) is 47.8 Å². The minimum atomic E-state index is -4.04. The molecule has 0 saturated carbocycles. The number of urea groups is 1. The molecule has 11 N–H and O–H groups in total. The minimum Gasteiger partial charge on any atom is -0.695 e. The lowest BCUT2D eigenvalue weighted by atomic mass is 10.0. The molecule has 74 heavy (non-hydrogen) atoms. The fourth-order valence-electron chi connectivity index (χ4n) is 6.66. The number of thiol groups is 1. The first kappa shape index (κ1) is 60.5. The SMILES string of the molecule is CNN=[N+]([O-])CC(=O)N[C@H](C(=O)N[C@@H](CCCNC(N)=O)C(=O)Nc1ccc(COC(=O)N[C@H](C)[C@@H](C)OC(=O)O[C@@H]2[C@H](OP(O)(=S)OC)[C@@H](COP(=O)(S)OC)O[C@H]2n2cnc3c(N)ncnc32)cc1)C(C)C. The molecule has 10 atom stereocenters. The number of benzene rings is 1. The quantitative estimate of drug-likeness (QED) is 0.00985. The van der Waals surface area contributed by atoms with Crippen LogP contribution >= 0.6 is 25.8 Å². The van der Waals surface area contributed by atoms with Gasteiger partial charge in [-0.3, -0.25) is 28.0 Å². The van der Waals surface area contributed by atoms with Crippen LogP contribution in [0, 0.1) is 11.1 Å². The highest BCUT2D eigenvalue weighted by atomic mass is 32.7. The Labute approximate surface area is 433 Å². The number of nitrogens with zero attached hydrogens (tertiary/aromatic N) is 6. The fourth-order valence-corrected chi connectivity index (χ4v) is 8.25. The third-order valence-corrected chi connectivity index (χ3v) is 14.0. The average Bonchev–Trinajstić information content (AvgIpc) is 3.91. The van der Waals surface area contributed by atoms with Gasteiger partial charge < -0.3 is 76.1 Å². The summed E-state index contributed by atoms with van der Waals surface area (Å²) >= 11 is 8.98. The van der Waals surface area contributed by atoms with Crippen LogP contribution in [-0.4, -0.2) is 149 Å². The summed E-state index contributed by atoms with van der Waals surface area (Å²) in [6.07, 6.45) is -6.27. The fraction of sp³-hybridized carbons (Fsp3) is 0.564. The molecule has 1 aliphatic heterocycles. The number of amides is 6. The van der Waals surface area contributed by atoms with Crippen LogP contribution in [0.5, 0.6) is 0 Å². The van der Waals surface area contributed by atoms with E-state index in [1.807, 2.05) is 0 Å². The van der Waals surface area contributed by atoms with Crippen molar-refractivity contribution in [3.63, 3.8) is 0 Å². The molecule has 31 nitrogen and oxygen atoms in total. The number of rotatable bonds is 27. The molecule has 0 radical (unpaired) electrons. The summed E-state index contributed by atoms with van der Waals surface area (Å²) in [5.41, 5.74) is 14.5. The van der Waals surface area contributed by atoms with E-state index < -0.39 is 117 Å². The van der Waals surface area contributed by atoms with E-state index in [4.69, 9.17) is 60.3 Å². The van der Waals surface area contributed by atoms with Crippen molar-refractivity contribution in [2.45, 2.75) is 95.9 Å². The van der Waals surface area contributed by atoms with Crippen molar-refractivity contribution in [1.82, 2.24) is 46.2 Å². The summed E-state index contributed by atoms with van der Waals surface area (Å²) in [5, 5.41) is 27.8. The van der Waals surface area contributed by atoms with Gasteiger partial charge in [0.2, 0.25) is 11.8 Å². The molecule has 0 bridgehead atoms. The summed E-state index contributed by atoms with van der Waals surface area (Å²) in [4.78, 5) is 100. The number of carbonyl (C=O) groups excluding carboxylic acids is 6. The molecule has 35 heteroatoms. The van der Waals surface area contributed by atoms with Crippen LogP contribution in [-0.2, 0) is 74.4 Å². The van der Waals surface area contributed by atoms with Gasteiger partial charge in [0.25, 0.3) is 5.91 Å². The number of fused-ring (bicyclic) bond motifs is 1. The summed E-state index contributed by atoms with van der Waals surface area (Å²) in [6, 6.07) is 2.18. The lowest BCUT2D eigenvalue weighted by Gasteiger charge is -2.28. The van der Waals surface area contributed by atoms with Crippen LogP contribution in [0.4, 0.5) is 25.9 Å². The van der Waals surface area contributed by atoms with Gasteiger partial charge in [0.05, 0.1) is 31.2 Å². The van der Waals surface area contributed by atoms with Crippen LogP contribution < -0.4 is 43.5 Å². The largest absolute Gasteiger partial charge is 0.695 e. The van der Waals surface area contributed by atoms with Crippen molar-refractivity contribution in [2.75, 3.05) is 52.0 Å². The highest BCUT2D eigenvalue weighted by Gasteiger charge is 2.52. The lowest BCUT2D eigenvalue weighted by Crippen LogP contribution is -2.55. The molecular weight excluding hydrogens is 1060 g/mol. The first-order valence-corrected chi connectivity index (χ1v) is 27.5. The smallest absolute Gasteiger partial charge is 0.509 e. The van der Waals surface area contributed by atoms with Gasteiger partial charge in [-0.2, -0.15) is 10.3 Å². The van der Waals surface area contributed by atoms with Crippen LogP contribution in [0.1, 0.15) is 52.3 Å². The summed E-state index contributed by atoms with van der Waals surface area (Å²) in [6.45, 7) is -3.09. The first-order chi connectivity index (χ1) is 34.9. The van der Waals surface area contributed by atoms with Crippen molar-refractivity contribution < 1.29 is 80.1 Å². The van der Waals surface area contributed by atoms with E-state index in [2.05, 4.69) is 64.4 Å². The standard InChI is InChI=1S/C39H60N14O17P2S2/c1-20(2)28(50-27(54)15-53(60)51-42-5)35(56)49-25(9-8-14-43-37(41)57)34(55)48-24-12-10-23(11-13-24)16-65-38(58)47-21(3)22(4)67-39(59)69-31-30(70-72(62,74)64-7)26(17-66-71(61,73)63-6)68-36(31)52-19-46-29-32(40)44-18-45-33(29)52/h10-13,18-22,25-26,28,30-31,36,42H,8-9,14-17H2,1-7H3,(H,47,58)(H,48,55)(H,49,56)(H,50,54)(H,61,73)(H,62,74)(H2,40,44,45)(H3,41,43,57)/t21-,22-,25+,26-,28+,30-,31-,36-,71?,72?/m1/s1. The highest BCUT2D eigenvalue weighted by molar-refractivity contribution is 8.44. The zero-order valence-electron chi connectivity index (χ0n) is 41.0. The van der Waals surface area contributed by atoms with E-state index in [1.54, 1.807) is 26.0 Å². The van der Waals surface area contributed by atoms with Gasteiger partial charge in [-0.15, -0.1) is 0 Å². The number of anilines is 2. The molecule has 1 fully saturated rings. The van der Waals surface area contributed by atoms with Gasteiger partial charge in [0, 0.05) is 26.5 Å². The second-order valence-electron chi connectivity index (χ2n) is 16.3. The number of alkyl carbamates (subject to hydrolysis) is 1. The van der Waals surface area contributed by atoms with Gasteiger partial charge >= 0.3 is 31.8 Å². The maximum absolute atomic E-state index is 13.5. The summed E-state index contributed by atoms with van der Waals surface area (Å²) < 4.78 is 57.5. The lowest BCUT2D eigenvalue weighted by molar-refractivity contribution is -0.523. The second-order valence-corrected chi connectivity index (χ2v) is 22.2. The third kappa shape index (κ3) is 18.4. The Hall–Kier alpha value is -6.02. The minimum absolute atomic E-state index is 0.0166. The van der Waals surface area contributed by atoms with E-state index >= 15 is 0 Å². The van der Waals surface area contributed by atoms with Crippen LogP contribution in [0.3, 0.4) is 0 Å². The third-order valence-electron chi connectivity index (χ3n) is 10.6. The normalized spacial score (nSPS) is 19.9. The molecule has 0 spiro atoms. The summed E-state index contributed by atoms with van der Waals surface area (Å²) in [7, 11) is 3.56. The number of hydrogen-bond acceptors (Lipinski definition) is 22. The number of nitrogens with two attached hydrogens (primary N) is 2. The average molecular weight is 1120 g/mol. The molecule has 4 rings (SSSR count). The Bertz CT molecular complexity index is 2570. The van der Waals surface area contributed by atoms with E-state index in [1.165, 1.54) is 43.9 Å². The van der Waals surface area contributed by atoms with Crippen LogP contribution in [0.25, 0.3) is 11.2 Å². The molecule has 410 valence electrons. The first-order valence-electron chi connectivity index (χ1n) is 22.2. The van der Waals surface area contributed by atoms with Crippen molar-refractivity contribution in [3.8, 4) is 0 Å². The molecule has 1 aliphatic rings. The molecule has 2 aromatic heterocycles. The monoisotopic (exact) mass is 1120 g/mol. The maximum Gasteiger partial charge on any atom is 0.509 e. The van der Waals surface area contributed by atoms with Gasteiger partial charge in [-0.05, 0) is 62.1 Å². The Kier molecular flexibility index (Phi) is 22.9. The van der Waals surface area contributed by atoms with Crippen molar-refractivity contribution in [1.29, 1.82) is 0 Å². The number of hydrogen-bond donors (Lipinski definition) is 10. The van der Waals surface area contributed by atoms with E-state index in [0.717, 1.165) is 20.5 Å². The molecule has 3 heterocycles. The molecule has 2 unspecified atom stereocenters. The number of hydroxylamine groups is 1. The Balaban J connectivity index is 1.38. The number of nitrogens with one attached hydrogen (secondary N) is 6. The zero-order valence-corrected chi connectivity index (χ0v) is 44.5. The van der Waals surface area contributed by atoms with E-state index in [0.29, 0.717) is 11.3 Å². The van der Waals surface area contributed by atoms with Crippen molar-refractivity contribution in [3.05, 3.63) is 47.7 Å². The van der Waals surface area contributed by atoms with Crippen molar-refractivity contribution in [2.24, 2.45) is 16.9 Å². The number of nitrogen functional groups attached to an aromatic ring is 1. The van der Waals surface area contributed by atoms with Crippen LogP contribution in [0.2, 0.25) is 0 Å². The number of primary amides is 1. The zero-order chi connectivity index (χ0) is 54.9. The topological polar surface area (TPSA) is 420 Å². The van der Waals surface area contributed by atoms with Gasteiger partial charge in [-0.25, -0.2) is 33.9 Å². The maximum atomic E-state index is 13.5. The Morgan fingerprint density at radius 1 is 1.03 bits per heavy atom. The van der Waals surface area contributed by atoms with Crippen molar-refractivity contribution >= 4 is 96.2 Å². The van der Waals surface area contributed by atoms with Gasteiger partial charge in [-0.1, -0.05) is 38.2 Å². The number of imidazole rings is 1. The number of carbonyl (C=O) groups is 6. The predicted octanol–water partition coefficient (Wildman–Crippen LogP) is 1.59. The predicted molar refractivity (Wildman–Crippen MR) is 266 cm³/mol. The van der Waals surface area contributed by atoms with Gasteiger partial charge in [0.1, 0.15) is 48.8 Å². The molecular formula is C39H60N14O17P2S2. The van der Waals surface area contributed by atoms with Crippen LogP contribution in [0.15, 0.2) is 42.1 Å².